The third kappa shape index (κ3) is 6.71. The summed E-state index contributed by atoms with van der Waals surface area (Å²) >= 11 is 0. The van der Waals surface area contributed by atoms with Crippen LogP contribution < -0.4 is 10.6 Å². The first-order valence-electron chi connectivity index (χ1n) is 13.2. The van der Waals surface area contributed by atoms with E-state index in [9.17, 15) is 9.59 Å². The number of carbonyl (C=O) groups is 2. The molecule has 0 unspecified atom stereocenters. The minimum Gasteiger partial charge on any atom is -0.348 e. The molecule has 188 valence electrons. The summed E-state index contributed by atoms with van der Waals surface area (Å²) in [5.74, 6) is 0.263. The van der Waals surface area contributed by atoms with Crippen LogP contribution in [0, 0.1) is 0 Å². The van der Waals surface area contributed by atoms with E-state index in [4.69, 9.17) is 0 Å². The van der Waals surface area contributed by atoms with Crippen LogP contribution in [0.3, 0.4) is 0 Å². The van der Waals surface area contributed by atoms with Crippen molar-refractivity contribution >= 4 is 11.8 Å². The molecule has 2 aromatic carbocycles. The van der Waals surface area contributed by atoms with E-state index >= 15 is 0 Å². The van der Waals surface area contributed by atoms with Crippen molar-refractivity contribution in [3.8, 4) is 0 Å². The van der Waals surface area contributed by atoms with Gasteiger partial charge in [0.15, 0.2) is 0 Å². The van der Waals surface area contributed by atoms with Crippen LogP contribution in [0.1, 0.15) is 69.2 Å². The Labute approximate surface area is 210 Å². The lowest BCUT2D eigenvalue weighted by molar-refractivity contribution is -0.126. The van der Waals surface area contributed by atoms with Gasteiger partial charge >= 0.3 is 0 Å². The molecule has 2 aliphatic heterocycles. The Hall–Kier alpha value is -2.70. The first-order valence-corrected chi connectivity index (χ1v) is 13.2. The van der Waals surface area contributed by atoms with Crippen LogP contribution in [0.25, 0.3) is 0 Å². The van der Waals surface area contributed by atoms with Crippen LogP contribution in [-0.2, 0) is 9.59 Å². The molecule has 2 heterocycles. The summed E-state index contributed by atoms with van der Waals surface area (Å²) in [5, 5.41) is 6.42. The van der Waals surface area contributed by atoms with Crippen LogP contribution in [0.4, 0.5) is 0 Å². The number of hydrogen-bond acceptors (Lipinski definition) is 4. The fraction of sp³-hybridized carbons (Fsp3) is 0.517. The lowest BCUT2D eigenvalue weighted by atomic mass is 10.1. The second-order valence-corrected chi connectivity index (χ2v) is 10.0. The molecule has 6 nitrogen and oxygen atoms in total. The van der Waals surface area contributed by atoms with Crippen molar-refractivity contribution in [3.63, 3.8) is 0 Å². The van der Waals surface area contributed by atoms with Gasteiger partial charge in [0.05, 0.1) is 24.2 Å². The summed E-state index contributed by atoms with van der Waals surface area (Å²) in [6, 6.07) is 20.2. The van der Waals surface area contributed by atoms with E-state index in [1.54, 1.807) is 0 Å². The maximum atomic E-state index is 13.0. The number of nitrogens with zero attached hydrogens (tertiary/aromatic N) is 2. The second-order valence-electron chi connectivity index (χ2n) is 10.0. The number of benzene rings is 2. The molecule has 0 bridgehead atoms. The van der Waals surface area contributed by atoms with Gasteiger partial charge in [0.2, 0.25) is 11.8 Å². The van der Waals surface area contributed by atoms with Gasteiger partial charge in [-0.25, -0.2) is 0 Å². The third-order valence-electron chi connectivity index (χ3n) is 7.54. The van der Waals surface area contributed by atoms with Gasteiger partial charge < -0.3 is 10.6 Å². The number of likely N-dealkylation sites (tertiary alicyclic amines) is 2. The third-order valence-corrected chi connectivity index (χ3v) is 7.54. The standard InChI is InChI=1S/C29H40N4O2/c1-22(24-12-5-3-6-13-24)30-28(34)26-16-9-18-32(26)20-11-21-33-19-10-17-27(33)29(35)31-23(2)25-14-7-4-8-15-25/h3-8,12-15,22-23,26-27H,9-11,16-21H2,1-2H3,(H,30,34)(H,31,35)/t22-,23-,26-,27-/m0/s1. The zero-order valence-corrected chi connectivity index (χ0v) is 21.2. The summed E-state index contributed by atoms with van der Waals surface area (Å²) in [6.45, 7) is 7.81. The SMILES string of the molecule is C[C@H](NC(=O)[C@@H]1CCCN1CCCN1CCC[C@H]1C(=O)N[C@@H](C)c1ccccc1)c1ccccc1. The van der Waals surface area contributed by atoms with Gasteiger partial charge in [-0.15, -0.1) is 0 Å². The van der Waals surface area contributed by atoms with E-state index in [-0.39, 0.29) is 36.0 Å². The van der Waals surface area contributed by atoms with Crippen molar-refractivity contribution in [1.82, 2.24) is 20.4 Å². The lowest BCUT2D eigenvalue weighted by Crippen LogP contribution is -2.46. The molecule has 2 N–H and O–H groups in total. The lowest BCUT2D eigenvalue weighted by Gasteiger charge is -2.28. The highest BCUT2D eigenvalue weighted by Gasteiger charge is 2.33. The van der Waals surface area contributed by atoms with Crippen LogP contribution in [0.5, 0.6) is 0 Å². The Morgan fingerprint density at radius 2 is 1.14 bits per heavy atom. The average molecular weight is 477 g/mol. The maximum Gasteiger partial charge on any atom is 0.237 e. The van der Waals surface area contributed by atoms with E-state index in [0.29, 0.717) is 0 Å². The Morgan fingerprint density at radius 1 is 0.743 bits per heavy atom. The minimum absolute atomic E-state index is 0.00768. The van der Waals surface area contributed by atoms with Gasteiger partial charge in [0.1, 0.15) is 0 Å². The predicted octanol–water partition coefficient (Wildman–Crippen LogP) is 4.06. The monoisotopic (exact) mass is 476 g/mol. The zero-order chi connectivity index (χ0) is 24.6. The first-order chi connectivity index (χ1) is 17.0. The molecule has 0 radical (unpaired) electrons. The number of rotatable bonds is 10. The van der Waals surface area contributed by atoms with Gasteiger partial charge in [-0.2, -0.15) is 0 Å². The highest BCUT2D eigenvalue weighted by Crippen LogP contribution is 2.22. The van der Waals surface area contributed by atoms with Gasteiger partial charge in [-0.05, 0) is 70.2 Å². The van der Waals surface area contributed by atoms with Crippen molar-refractivity contribution in [1.29, 1.82) is 0 Å². The molecule has 6 heteroatoms. The van der Waals surface area contributed by atoms with Crippen molar-refractivity contribution in [2.75, 3.05) is 26.2 Å². The number of hydrogen-bond donors (Lipinski definition) is 2. The molecule has 0 aromatic heterocycles. The summed E-state index contributed by atoms with van der Waals surface area (Å²) in [7, 11) is 0. The molecule has 4 atom stereocenters. The highest BCUT2D eigenvalue weighted by atomic mass is 16.2. The van der Waals surface area contributed by atoms with E-state index in [1.807, 2.05) is 50.2 Å². The molecular formula is C29H40N4O2. The number of amides is 2. The minimum atomic E-state index is -0.0504. The Morgan fingerprint density at radius 3 is 1.54 bits per heavy atom. The second kappa shape index (κ2) is 12.3. The zero-order valence-electron chi connectivity index (χ0n) is 21.2. The quantitative estimate of drug-likeness (QED) is 0.543. The molecule has 0 aliphatic carbocycles. The van der Waals surface area contributed by atoms with E-state index in [1.165, 1.54) is 0 Å². The van der Waals surface area contributed by atoms with E-state index < -0.39 is 0 Å². The van der Waals surface area contributed by atoms with Crippen LogP contribution in [-0.4, -0.2) is 59.9 Å². The van der Waals surface area contributed by atoms with Crippen molar-refractivity contribution in [2.24, 2.45) is 0 Å². The molecule has 4 rings (SSSR count). The Kier molecular flexibility index (Phi) is 8.94. The van der Waals surface area contributed by atoms with Gasteiger partial charge in [0.25, 0.3) is 0 Å². The maximum absolute atomic E-state index is 13.0. The van der Waals surface area contributed by atoms with Gasteiger partial charge in [-0.1, -0.05) is 60.7 Å². The molecule has 0 saturated carbocycles. The highest BCUT2D eigenvalue weighted by molar-refractivity contribution is 5.83. The summed E-state index contributed by atoms with van der Waals surface area (Å²) in [4.78, 5) is 30.7. The van der Waals surface area contributed by atoms with Crippen LogP contribution >= 0.6 is 0 Å². The molecule has 2 saturated heterocycles. The first kappa shape index (κ1) is 25.4. The van der Waals surface area contributed by atoms with Gasteiger partial charge in [0, 0.05) is 13.1 Å². The summed E-state index contributed by atoms with van der Waals surface area (Å²) < 4.78 is 0. The fourth-order valence-corrected chi connectivity index (χ4v) is 5.53. The molecular weight excluding hydrogens is 436 g/mol. The number of carbonyl (C=O) groups excluding carboxylic acids is 2. The van der Waals surface area contributed by atoms with Crippen molar-refractivity contribution < 1.29 is 9.59 Å². The molecule has 35 heavy (non-hydrogen) atoms. The average Bonchev–Trinajstić information content (AvgIpc) is 3.55. The normalized spacial score (nSPS) is 22.6. The van der Waals surface area contributed by atoms with Crippen molar-refractivity contribution in [3.05, 3.63) is 71.8 Å². The topological polar surface area (TPSA) is 64.7 Å². The molecule has 2 amide bonds. The van der Waals surface area contributed by atoms with Crippen molar-refractivity contribution in [2.45, 2.75) is 70.1 Å². The van der Waals surface area contributed by atoms with E-state index in [2.05, 4.69) is 44.7 Å². The molecule has 2 aliphatic rings. The summed E-state index contributed by atoms with van der Waals surface area (Å²) in [5.41, 5.74) is 2.26. The Balaban J connectivity index is 1.23. The van der Waals surface area contributed by atoms with E-state index in [0.717, 1.165) is 69.4 Å². The Bertz CT molecular complexity index is 874. The number of nitrogens with one attached hydrogen (secondary N) is 2. The largest absolute Gasteiger partial charge is 0.348 e. The fourth-order valence-electron chi connectivity index (χ4n) is 5.53. The smallest absolute Gasteiger partial charge is 0.237 e. The summed E-state index contributed by atoms with van der Waals surface area (Å²) in [6.07, 6.45) is 4.92. The van der Waals surface area contributed by atoms with Crippen LogP contribution in [0.2, 0.25) is 0 Å². The van der Waals surface area contributed by atoms with Crippen LogP contribution in [0.15, 0.2) is 60.7 Å². The molecule has 2 fully saturated rings. The molecule has 0 spiro atoms. The van der Waals surface area contributed by atoms with Gasteiger partial charge in [-0.3, -0.25) is 19.4 Å². The predicted molar refractivity (Wildman–Crippen MR) is 140 cm³/mol. The molecule has 2 aromatic rings.